The van der Waals surface area contributed by atoms with E-state index < -0.39 is 0 Å². The number of benzene rings is 2. The van der Waals surface area contributed by atoms with Crippen LogP contribution in [0.3, 0.4) is 0 Å². The number of nitrogens with one attached hydrogen (secondary N) is 2. The molecule has 2 amide bonds. The molecule has 5 nitrogen and oxygen atoms in total. The number of amides is 2. The van der Waals surface area contributed by atoms with Crippen LogP contribution in [-0.2, 0) is 6.54 Å². The molecule has 0 spiro atoms. The van der Waals surface area contributed by atoms with Gasteiger partial charge in [0.15, 0.2) is 0 Å². The Morgan fingerprint density at radius 2 is 1.45 bits per heavy atom. The Hall–Kier alpha value is -2.96. The quantitative estimate of drug-likeness (QED) is 0.538. The smallest absolute Gasteiger partial charge is 0.261 e. The van der Waals surface area contributed by atoms with Crippen LogP contribution in [-0.4, -0.2) is 41.9 Å². The van der Waals surface area contributed by atoms with E-state index in [0.29, 0.717) is 11.6 Å². The molecular formula is C27H29N3O2S. The van der Waals surface area contributed by atoms with Gasteiger partial charge in [0.1, 0.15) is 0 Å². The minimum Gasteiger partial charge on any atom is -0.349 e. The monoisotopic (exact) mass is 459 g/mol. The number of carbonyl (C=O) groups is 2. The molecule has 6 heteroatoms. The Morgan fingerprint density at radius 1 is 0.788 bits per heavy atom. The average Bonchev–Trinajstić information content (AvgIpc) is 3.52. The Kier molecular flexibility index (Phi) is 6.55. The van der Waals surface area contributed by atoms with Gasteiger partial charge in [-0.1, -0.05) is 42.5 Å². The standard InChI is InChI=1S/C27H29N3O2S/c31-26(28-22-10-11-22)21-8-6-20(7-9-21)24-12-13-25(33-24)27(32)29-23-14-16-30(17-15-23)18-19-4-2-1-3-5-19/h1-9,12-13,22-23H,10-11,14-18H2,(H,28,31)(H,29,32). The Labute approximate surface area is 198 Å². The highest BCUT2D eigenvalue weighted by Gasteiger charge is 2.24. The van der Waals surface area contributed by atoms with E-state index in [1.807, 2.05) is 42.5 Å². The first-order valence-corrected chi connectivity index (χ1v) is 12.5. The Bertz CT molecular complexity index is 1100. The van der Waals surface area contributed by atoms with E-state index >= 15 is 0 Å². The van der Waals surface area contributed by atoms with Crippen molar-refractivity contribution in [1.82, 2.24) is 15.5 Å². The van der Waals surface area contributed by atoms with Gasteiger partial charge in [-0.05, 0) is 61.1 Å². The maximum absolute atomic E-state index is 12.8. The third kappa shape index (κ3) is 5.70. The first-order valence-electron chi connectivity index (χ1n) is 11.7. The molecule has 2 fully saturated rings. The summed E-state index contributed by atoms with van der Waals surface area (Å²) in [7, 11) is 0. The summed E-state index contributed by atoms with van der Waals surface area (Å²) in [6.45, 7) is 2.96. The maximum Gasteiger partial charge on any atom is 0.261 e. The minimum atomic E-state index is -0.00916. The molecule has 0 unspecified atom stereocenters. The summed E-state index contributed by atoms with van der Waals surface area (Å²) < 4.78 is 0. The highest BCUT2D eigenvalue weighted by molar-refractivity contribution is 7.17. The topological polar surface area (TPSA) is 61.4 Å². The van der Waals surface area contributed by atoms with Gasteiger partial charge in [0.2, 0.25) is 0 Å². The molecule has 3 aromatic rings. The van der Waals surface area contributed by atoms with Crippen molar-refractivity contribution in [3.63, 3.8) is 0 Å². The number of carbonyl (C=O) groups excluding carboxylic acids is 2. The normalized spacial score (nSPS) is 17.0. The number of hydrogen-bond acceptors (Lipinski definition) is 4. The van der Waals surface area contributed by atoms with Crippen LogP contribution in [0.5, 0.6) is 0 Å². The Morgan fingerprint density at radius 3 is 2.15 bits per heavy atom. The van der Waals surface area contributed by atoms with E-state index in [2.05, 4.69) is 39.8 Å². The van der Waals surface area contributed by atoms with Gasteiger partial charge in [-0.2, -0.15) is 0 Å². The van der Waals surface area contributed by atoms with Crippen molar-refractivity contribution in [3.8, 4) is 10.4 Å². The van der Waals surface area contributed by atoms with Gasteiger partial charge in [-0.3, -0.25) is 14.5 Å². The summed E-state index contributed by atoms with van der Waals surface area (Å²) >= 11 is 1.50. The molecule has 2 N–H and O–H groups in total. The molecule has 0 radical (unpaired) electrons. The largest absolute Gasteiger partial charge is 0.349 e. The zero-order valence-corrected chi connectivity index (χ0v) is 19.4. The fourth-order valence-electron chi connectivity index (χ4n) is 4.23. The summed E-state index contributed by atoms with van der Waals surface area (Å²) in [4.78, 5) is 29.2. The zero-order chi connectivity index (χ0) is 22.6. The van der Waals surface area contributed by atoms with Crippen molar-refractivity contribution < 1.29 is 9.59 Å². The van der Waals surface area contributed by atoms with Crippen LogP contribution in [0.15, 0.2) is 66.7 Å². The van der Waals surface area contributed by atoms with Gasteiger partial charge in [0.05, 0.1) is 4.88 Å². The molecule has 1 aromatic heterocycles. The van der Waals surface area contributed by atoms with Crippen LogP contribution < -0.4 is 10.6 Å². The molecule has 2 heterocycles. The maximum atomic E-state index is 12.8. The van der Waals surface area contributed by atoms with Gasteiger partial charge in [-0.25, -0.2) is 0 Å². The van der Waals surface area contributed by atoms with Crippen LogP contribution >= 0.6 is 11.3 Å². The molecule has 5 rings (SSSR count). The lowest BCUT2D eigenvalue weighted by Crippen LogP contribution is -2.44. The summed E-state index contributed by atoms with van der Waals surface area (Å²) in [5, 5.41) is 6.23. The Balaban J connectivity index is 1.12. The van der Waals surface area contributed by atoms with Crippen molar-refractivity contribution in [2.24, 2.45) is 0 Å². The SMILES string of the molecule is O=C(NC1CC1)c1ccc(-c2ccc(C(=O)NC3CCN(Cc4ccccc4)CC3)s2)cc1. The summed E-state index contributed by atoms with van der Waals surface area (Å²) in [6, 6.07) is 22.6. The van der Waals surface area contributed by atoms with Gasteiger partial charge in [0.25, 0.3) is 11.8 Å². The molecule has 2 aromatic carbocycles. The van der Waals surface area contributed by atoms with Crippen LogP contribution in [0.25, 0.3) is 10.4 Å². The molecular weight excluding hydrogens is 430 g/mol. The summed E-state index contributed by atoms with van der Waals surface area (Å²) in [5.41, 5.74) is 3.04. The van der Waals surface area contributed by atoms with Crippen molar-refractivity contribution >= 4 is 23.2 Å². The van der Waals surface area contributed by atoms with Gasteiger partial charge >= 0.3 is 0 Å². The summed E-state index contributed by atoms with van der Waals surface area (Å²) in [6.07, 6.45) is 4.11. The third-order valence-electron chi connectivity index (χ3n) is 6.35. The van der Waals surface area contributed by atoms with Gasteiger partial charge in [0, 0.05) is 42.2 Å². The molecule has 0 bridgehead atoms. The second kappa shape index (κ2) is 9.89. The molecule has 33 heavy (non-hydrogen) atoms. The zero-order valence-electron chi connectivity index (χ0n) is 18.6. The predicted molar refractivity (Wildman–Crippen MR) is 132 cm³/mol. The van der Waals surface area contributed by atoms with E-state index in [1.54, 1.807) is 0 Å². The van der Waals surface area contributed by atoms with E-state index in [1.165, 1.54) is 16.9 Å². The van der Waals surface area contributed by atoms with E-state index in [4.69, 9.17) is 0 Å². The first kappa shape index (κ1) is 21.9. The van der Waals surface area contributed by atoms with Crippen LogP contribution in [0, 0.1) is 0 Å². The molecule has 1 saturated carbocycles. The fourth-order valence-corrected chi connectivity index (χ4v) is 5.15. The fraction of sp³-hybridized carbons (Fsp3) is 0.333. The van der Waals surface area contributed by atoms with E-state index in [9.17, 15) is 9.59 Å². The first-order chi connectivity index (χ1) is 16.1. The van der Waals surface area contributed by atoms with Crippen molar-refractivity contribution in [2.75, 3.05) is 13.1 Å². The third-order valence-corrected chi connectivity index (χ3v) is 7.48. The lowest BCUT2D eigenvalue weighted by Gasteiger charge is -2.32. The highest BCUT2D eigenvalue weighted by atomic mass is 32.1. The van der Waals surface area contributed by atoms with Gasteiger partial charge in [-0.15, -0.1) is 11.3 Å². The van der Waals surface area contributed by atoms with Gasteiger partial charge < -0.3 is 10.6 Å². The number of thiophene rings is 1. The number of rotatable bonds is 7. The second-order valence-electron chi connectivity index (χ2n) is 9.00. The molecule has 170 valence electrons. The highest BCUT2D eigenvalue weighted by Crippen LogP contribution is 2.29. The van der Waals surface area contributed by atoms with Crippen molar-refractivity contribution in [2.45, 2.75) is 44.3 Å². The number of likely N-dealkylation sites (tertiary alicyclic amines) is 1. The molecule has 0 atom stereocenters. The van der Waals surface area contributed by atoms with Crippen LogP contribution in [0.4, 0.5) is 0 Å². The molecule has 2 aliphatic rings. The molecule has 1 aliphatic carbocycles. The molecule has 1 saturated heterocycles. The van der Waals surface area contributed by atoms with Crippen molar-refractivity contribution in [1.29, 1.82) is 0 Å². The lowest BCUT2D eigenvalue weighted by atomic mass is 10.0. The number of piperidine rings is 1. The number of nitrogens with zero attached hydrogens (tertiary/aromatic N) is 1. The van der Waals surface area contributed by atoms with E-state index in [-0.39, 0.29) is 17.9 Å². The summed E-state index contributed by atoms with van der Waals surface area (Å²) in [5.74, 6) is -0.00157. The second-order valence-corrected chi connectivity index (χ2v) is 10.1. The number of hydrogen-bond donors (Lipinski definition) is 2. The predicted octanol–water partition coefficient (Wildman–Crippen LogP) is 4.70. The average molecular weight is 460 g/mol. The van der Waals surface area contributed by atoms with E-state index in [0.717, 1.165) is 60.6 Å². The minimum absolute atomic E-state index is 0.00758. The van der Waals surface area contributed by atoms with Crippen LogP contribution in [0.2, 0.25) is 0 Å². The molecule has 1 aliphatic heterocycles. The van der Waals surface area contributed by atoms with Crippen LogP contribution in [0.1, 0.15) is 51.3 Å². The van der Waals surface area contributed by atoms with Crippen molar-refractivity contribution in [3.05, 3.63) is 82.7 Å². The lowest BCUT2D eigenvalue weighted by molar-refractivity contribution is 0.0911.